The molecule has 0 aliphatic rings. The second-order valence-corrected chi connectivity index (χ2v) is 7.25. The van der Waals surface area contributed by atoms with E-state index in [1.54, 1.807) is 31.4 Å². The number of carbonyl (C=O) groups excluding carboxylic acids is 1. The lowest BCUT2D eigenvalue weighted by Gasteiger charge is -2.05. The first-order valence-corrected chi connectivity index (χ1v) is 9.73. The van der Waals surface area contributed by atoms with Gasteiger partial charge in [-0.15, -0.1) is 0 Å². The number of nitrogens with zero attached hydrogens (tertiary/aromatic N) is 1. The lowest BCUT2D eigenvalue weighted by Crippen LogP contribution is -2.11. The molecule has 0 atom stereocenters. The molecule has 0 radical (unpaired) electrons. The van der Waals surface area contributed by atoms with Crippen LogP contribution in [0.3, 0.4) is 0 Å². The summed E-state index contributed by atoms with van der Waals surface area (Å²) in [5, 5.41) is 4.28. The van der Waals surface area contributed by atoms with Crippen LogP contribution in [0.15, 0.2) is 78.9 Å². The molecule has 144 valence electrons. The average Bonchev–Trinajstić information content (AvgIpc) is 3.18. The monoisotopic (exact) mass is 404 g/mol. The van der Waals surface area contributed by atoms with Crippen molar-refractivity contribution >= 4 is 22.2 Å². The SMILES string of the molecule is COc1cccc(-c2nc(-c3ccc(F)cc3)c(NC(=O)c3ccccc3)s2)c1. The normalized spacial score (nSPS) is 10.6. The molecule has 3 aromatic carbocycles. The van der Waals surface area contributed by atoms with Crippen LogP contribution in [0.4, 0.5) is 9.39 Å². The Kier molecular flexibility index (Phi) is 5.35. The number of rotatable bonds is 5. The molecule has 0 bridgehead atoms. The first-order chi connectivity index (χ1) is 14.1. The van der Waals surface area contributed by atoms with Crippen LogP contribution in [-0.2, 0) is 0 Å². The number of amides is 1. The van der Waals surface area contributed by atoms with E-state index < -0.39 is 0 Å². The zero-order valence-electron chi connectivity index (χ0n) is 15.6. The van der Waals surface area contributed by atoms with E-state index in [1.807, 2.05) is 42.5 Å². The van der Waals surface area contributed by atoms with Crippen molar-refractivity contribution in [1.29, 1.82) is 0 Å². The Labute approximate surface area is 171 Å². The highest BCUT2D eigenvalue weighted by atomic mass is 32.1. The molecule has 4 nitrogen and oxygen atoms in total. The Morgan fingerprint density at radius 1 is 0.966 bits per heavy atom. The molecule has 0 aliphatic heterocycles. The third-order valence-corrected chi connectivity index (χ3v) is 5.34. The zero-order chi connectivity index (χ0) is 20.2. The standard InChI is InChI=1S/C23H17FN2O2S/c1-28-19-9-5-8-17(14-19)22-25-20(15-10-12-18(24)13-11-15)23(29-22)26-21(27)16-6-3-2-4-7-16/h2-14H,1H3,(H,26,27). The molecule has 1 heterocycles. The van der Waals surface area contributed by atoms with Crippen LogP contribution in [0.25, 0.3) is 21.8 Å². The van der Waals surface area contributed by atoms with Gasteiger partial charge in [0, 0.05) is 16.7 Å². The smallest absolute Gasteiger partial charge is 0.256 e. The van der Waals surface area contributed by atoms with Crippen molar-refractivity contribution in [3.8, 4) is 27.6 Å². The van der Waals surface area contributed by atoms with E-state index in [-0.39, 0.29) is 11.7 Å². The van der Waals surface area contributed by atoms with Crippen molar-refractivity contribution in [2.45, 2.75) is 0 Å². The van der Waals surface area contributed by atoms with Crippen LogP contribution in [0.2, 0.25) is 0 Å². The molecule has 6 heteroatoms. The van der Waals surface area contributed by atoms with Crippen LogP contribution >= 0.6 is 11.3 Å². The predicted molar refractivity (Wildman–Crippen MR) is 114 cm³/mol. The summed E-state index contributed by atoms with van der Waals surface area (Å²) in [6, 6.07) is 22.6. The van der Waals surface area contributed by atoms with Gasteiger partial charge in [-0.3, -0.25) is 4.79 Å². The number of benzene rings is 3. The van der Waals surface area contributed by atoms with Gasteiger partial charge in [0.1, 0.15) is 27.3 Å². The molecular formula is C23H17FN2O2S. The van der Waals surface area contributed by atoms with E-state index in [2.05, 4.69) is 5.32 Å². The molecule has 29 heavy (non-hydrogen) atoms. The summed E-state index contributed by atoms with van der Waals surface area (Å²) in [6.45, 7) is 0. The molecule has 0 spiro atoms. The molecule has 1 aromatic heterocycles. The summed E-state index contributed by atoms with van der Waals surface area (Å²) in [4.78, 5) is 17.4. The summed E-state index contributed by atoms with van der Waals surface area (Å²) in [5.41, 5.74) is 2.74. The minimum absolute atomic E-state index is 0.227. The Bertz CT molecular complexity index is 1140. The number of carbonyl (C=O) groups is 1. The Hall–Kier alpha value is -3.51. The maximum Gasteiger partial charge on any atom is 0.256 e. The van der Waals surface area contributed by atoms with Crippen LogP contribution < -0.4 is 10.1 Å². The number of halogens is 1. The third-order valence-electron chi connectivity index (χ3n) is 4.32. The minimum atomic E-state index is -0.327. The van der Waals surface area contributed by atoms with Gasteiger partial charge in [0.15, 0.2) is 0 Å². The van der Waals surface area contributed by atoms with Crippen molar-refractivity contribution < 1.29 is 13.9 Å². The number of hydrogen-bond acceptors (Lipinski definition) is 4. The summed E-state index contributed by atoms with van der Waals surface area (Å²) in [5.74, 6) is 0.164. The number of thiazole rings is 1. The lowest BCUT2D eigenvalue weighted by atomic mass is 10.1. The summed E-state index contributed by atoms with van der Waals surface area (Å²) >= 11 is 1.36. The van der Waals surface area contributed by atoms with Crippen LogP contribution in [0.5, 0.6) is 5.75 Å². The number of ether oxygens (including phenoxy) is 1. The Morgan fingerprint density at radius 2 is 1.72 bits per heavy atom. The van der Waals surface area contributed by atoms with Crippen LogP contribution in [0.1, 0.15) is 10.4 Å². The maximum absolute atomic E-state index is 13.4. The van der Waals surface area contributed by atoms with E-state index in [1.165, 1.54) is 23.5 Å². The van der Waals surface area contributed by atoms with Crippen molar-refractivity contribution in [1.82, 2.24) is 4.98 Å². The van der Waals surface area contributed by atoms with Crippen LogP contribution in [-0.4, -0.2) is 18.0 Å². The van der Waals surface area contributed by atoms with E-state index in [9.17, 15) is 9.18 Å². The van der Waals surface area contributed by atoms with E-state index in [0.717, 1.165) is 21.9 Å². The van der Waals surface area contributed by atoms with E-state index in [0.29, 0.717) is 16.3 Å². The van der Waals surface area contributed by atoms with E-state index in [4.69, 9.17) is 9.72 Å². The van der Waals surface area contributed by atoms with Gasteiger partial charge < -0.3 is 10.1 Å². The zero-order valence-corrected chi connectivity index (χ0v) is 16.4. The molecule has 0 fully saturated rings. The quantitative estimate of drug-likeness (QED) is 0.452. The van der Waals surface area contributed by atoms with Crippen molar-refractivity contribution in [3.05, 3.63) is 90.2 Å². The number of aromatic nitrogens is 1. The molecule has 0 saturated heterocycles. The molecule has 4 aromatic rings. The molecule has 0 unspecified atom stereocenters. The van der Waals surface area contributed by atoms with Gasteiger partial charge in [0.05, 0.1) is 7.11 Å². The van der Waals surface area contributed by atoms with Gasteiger partial charge in [-0.05, 0) is 48.5 Å². The van der Waals surface area contributed by atoms with Gasteiger partial charge in [-0.1, -0.05) is 41.7 Å². The Morgan fingerprint density at radius 3 is 2.45 bits per heavy atom. The number of nitrogens with one attached hydrogen (secondary N) is 1. The number of methoxy groups -OCH3 is 1. The first-order valence-electron chi connectivity index (χ1n) is 8.91. The third kappa shape index (κ3) is 4.17. The minimum Gasteiger partial charge on any atom is -0.497 e. The Balaban J connectivity index is 1.76. The molecule has 4 rings (SSSR count). The summed E-state index contributed by atoms with van der Waals surface area (Å²) in [7, 11) is 1.61. The second kappa shape index (κ2) is 8.24. The summed E-state index contributed by atoms with van der Waals surface area (Å²) in [6.07, 6.45) is 0. The van der Waals surface area contributed by atoms with Crippen LogP contribution in [0, 0.1) is 5.82 Å². The molecule has 0 saturated carbocycles. The highest BCUT2D eigenvalue weighted by molar-refractivity contribution is 7.19. The molecule has 0 aliphatic carbocycles. The fraction of sp³-hybridized carbons (Fsp3) is 0.0435. The fourth-order valence-electron chi connectivity index (χ4n) is 2.85. The summed E-state index contributed by atoms with van der Waals surface area (Å²) < 4.78 is 18.7. The molecule has 1 amide bonds. The van der Waals surface area contributed by atoms with Crippen molar-refractivity contribution in [3.63, 3.8) is 0 Å². The maximum atomic E-state index is 13.4. The fourth-order valence-corrected chi connectivity index (χ4v) is 3.83. The van der Waals surface area contributed by atoms with Gasteiger partial charge in [-0.25, -0.2) is 9.37 Å². The number of anilines is 1. The molecule has 1 N–H and O–H groups in total. The van der Waals surface area contributed by atoms with Gasteiger partial charge >= 0.3 is 0 Å². The highest BCUT2D eigenvalue weighted by Gasteiger charge is 2.18. The van der Waals surface area contributed by atoms with Gasteiger partial charge in [0.2, 0.25) is 0 Å². The van der Waals surface area contributed by atoms with E-state index >= 15 is 0 Å². The predicted octanol–water partition coefficient (Wildman–Crippen LogP) is 5.88. The largest absolute Gasteiger partial charge is 0.497 e. The van der Waals surface area contributed by atoms with Gasteiger partial charge in [-0.2, -0.15) is 0 Å². The van der Waals surface area contributed by atoms with Crippen molar-refractivity contribution in [2.75, 3.05) is 12.4 Å². The van der Waals surface area contributed by atoms with Gasteiger partial charge in [0.25, 0.3) is 5.91 Å². The first kappa shape index (κ1) is 18.8. The van der Waals surface area contributed by atoms with Crippen molar-refractivity contribution in [2.24, 2.45) is 0 Å². The average molecular weight is 404 g/mol. The second-order valence-electron chi connectivity index (χ2n) is 6.26. The number of hydrogen-bond donors (Lipinski definition) is 1. The highest BCUT2D eigenvalue weighted by Crippen LogP contribution is 2.39. The lowest BCUT2D eigenvalue weighted by molar-refractivity contribution is 0.102. The topological polar surface area (TPSA) is 51.2 Å². The molecular weight excluding hydrogens is 387 g/mol.